The second kappa shape index (κ2) is 2.82. The molecule has 0 saturated carbocycles. The highest BCUT2D eigenvalue weighted by atomic mass is 32.5. The maximum atomic E-state index is 12.1. The van der Waals surface area contributed by atoms with Crippen LogP contribution in [0.15, 0.2) is 16.2 Å². The number of hydrogen-bond acceptors (Lipinski definition) is 1. The minimum atomic E-state index is -9.45. The normalized spacial score (nSPS) is 18.3. The first kappa shape index (κ1) is 12.6. The molecule has 0 nitrogen and oxygen atoms in total. The van der Waals surface area contributed by atoms with Crippen LogP contribution in [-0.2, 0) is 0 Å². The van der Waals surface area contributed by atoms with Crippen LogP contribution < -0.4 is 5.46 Å². The van der Waals surface area contributed by atoms with E-state index in [-0.39, 0.29) is 5.56 Å². The molecule has 0 amide bonds. The SMILES string of the molecule is B/C(=C/S(F)(F)(F)(F)F)c1cscc1B. The van der Waals surface area contributed by atoms with Crippen molar-refractivity contribution in [3.05, 3.63) is 21.7 Å². The van der Waals surface area contributed by atoms with Gasteiger partial charge in [-0.25, -0.2) is 0 Å². The van der Waals surface area contributed by atoms with Gasteiger partial charge >= 0.3 is 10.2 Å². The van der Waals surface area contributed by atoms with Crippen LogP contribution in [0.5, 0.6) is 0 Å². The Labute approximate surface area is 89.7 Å². The summed E-state index contributed by atoms with van der Waals surface area (Å²) < 4.78 is 60.6. The van der Waals surface area contributed by atoms with Gasteiger partial charge in [0.2, 0.25) is 0 Å². The molecule has 0 aliphatic rings. The minimum Gasteiger partial charge on any atom is -0.152 e. The van der Waals surface area contributed by atoms with Crippen molar-refractivity contribution in [3.63, 3.8) is 0 Å². The zero-order chi connectivity index (χ0) is 12.0. The first-order valence-electron chi connectivity index (χ1n) is 3.84. The molecule has 0 N–H and O–H groups in total. The van der Waals surface area contributed by atoms with Gasteiger partial charge in [-0.15, -0.1) is 0 Å². The van der Waals surface area contributed by atoms with Crippen molar-refractivity contribution < 1.29 is 19.4 Å². The van der Waals surface area contributed by atoms with E-state index in [4.69, 9.17) is 0 Å². The molecule has 1 aromatic rings. The van der Waals surface area contributed by atoms with Crippen LogP contribution >= 0.6 is 21.6 Å². The van der Waals surface area contributed by atoms with Gasteiger partial charge in [0.25, 0.3) is 0 Å². The van der Waals surface area contributed by atoms with E-state index in [9.17, 15) is 19.4 Å². The van der Waals surface area contributed by atoms with E-state index in [0.717, 1.165) is 7.85 Å². The van der Waals surface area contributed by atoms with Crippen LogP contribution in [0.2, 0.25) is 0 Å². The molecule has 15 heavy (non-hydrogen) atoms. The Morgan fingerprint density at radius 1 is 1.20 bits per heavy atom. The molecule has 0 radical (unpaired) electrons. The van der Waals surface area contributed by atoms with Crippen LogP contribution in [0, 0.1) is 0 Å². The second-order valence-electron chi connectivity index (χ2n) is 3.30. The zero-order valence-electron chi connectivity index (χ0n) is 7.94. The molecule has 0 saturated heterocycles. The molecule has 9 heteroatoms. The fourth-order valence-electron chi connectivity index (χ4n) is 1.16. The van der Waals surface area contributed by atoms with E-state index in [1.807, 2.05) is 0 Å². The predicted octanol–water partition coefficient (Wildman–Crippen LogP) is 2.24. The summed E-state index contributed by atoms with van der Waals surface area (Å²) in [7, 11) is -6.84. The van der Waals surface area contributed by atoms with Gasteiger partial charge in [0.1, 0.15) is 15.7 Å². The van der Waals surface area contributed by atoms with Gasteiger partial charge in [-0.3, -0.25) is 0 Å². The predicted molar refractivity (Wildman–Crippen MR) is 62.1 cm³/mol. The summed E-state index contributed by atoms with van der Waals surface area (Å²) in [5.41, 5.74) is 0.330. The maximum absolute atomic E-state index is 12.1. The van der Waals surface area contributed by atoms with E-state index in [1.54, 1.807) is 13.2 Å². The third-order valence-corrected chi connectivity index (χ3v) is 3.34. The Hall–Kier alpha value is -0.430. The Morgan fingerprint density at radius 2 is 1.73 bits per heavy atom. The molecule has 0 aromatic carbocycles. The molecule has 0 aliphatic heterocycles. The Kier molecular flexibility index (Phi) is 2.38. The van der Waals surface area contributed by atoms with Gasteiger partial charge in [0, 0.05) is 0 Å². The largest absolute Gasteiger partial charge is 0.303 e. The topological polar surface area (TPSA) is 0 Å². The lowest BCUT2D eigenvalue weighted by molar-refractivity contribution is 0.385. The fourth-order valence-corrected chi connectivity index (χ4v) is 2.86. The van der Waals surface area contributed by atoms with Gasteiger partial charge in [-0.05, 0) is 16.3 Å². The van der Waals surface area contributed by atoms with E-state index in [2.05, 4.69) is 0 Å². The van der Waals surface area contributed by atoms with Crippen molar-refractivity contribution in [1.29, 1.82) is 0 Å². The summed E-state index contributed by atoms with van der Waals surface area (Å²) in [6, 6.07) is 0. The summed E-state index contributed by atoms with van der Waals surface area (Å²) in [6.07, 6.45) is 0. The fraction of sp³-hybridized carbons (Fsp3) is 0. The number of hydrogen-bond donors (Lipinski definition) is 0. The quantitative estimate of drug-likeness (QED) is 0.565. The van der Waals surface area contributed by atoms with Crippen molar-refractivity contribution in [2.75, 3.05) is 0 Å². The van der Waals surface area contributed by atoms with E-state index in [0.29, 0.717) is 5.46 Å². The lowest BCUT2D eigenvalue weighted by atomic mass is 9.83. The van der Waals surface area contributed by atoms with E-state index < -0.39 is 21.1 Å². The maximum Gasteiger partial charge on any atom is 0.303 e. The Balaban J connectivity index is 3.24. The molecule has 1 rings (SSSR count). The second-order valence-corrected chi connectivity index (χ2v) is 6.33. The van der Waals surface area contributed by atoms with E-state index in [1.165, 1.54) is 16.7 Å². The van der Waals surface area contributed by atoms with Crippen molar-refractivity contribution in [2.24, 2.45) is 0 Å². The monoisotopic (exact) mass is 260 g/mol. The lowest BCUT2D eigenvalue weighted by Gasteiger charge is -2.37. The van der Waals surface area contributed by atoms with Gasteiger partial charge in [0.15, 0.2) is 0 Å². The third kappa shape index (κ3) is 4.29. The Bertz CT molecular complexity index is 417. The number of halogens is 5. The molecule has 0 aliphatic carbocycles. The number of rotatable bonds is 2. The van der Waals surface area contributed by atoms with Crippen molar-refractivity contribution in [1.82, 2.24) is 0 Å². The molecule has 0 atom stereocenters. The minimum absolute atomic E-state index is 0.216. The zero-order valence-corrected chi connectivity index (χ0v) is 9.57. The summed E-state index contributed by atoms with van der Waals surface area (Å²) >= 11 is 1.18. The first-order valence-corrected chi connectivity index (χ1v) is 6.80. The summed E-state index contributed by atoms with van der Waals surface area (Å²) in [6.45, 7) is 0. The number of thiophene rings is 1. The molecule has 1 heterocycles. The molecular weight excluding hydrogens is 253 g/mol. The molecule has 0 fully saturated rings. The third-order valence-electron chi connectivity index (χ3n) is 1.68. The summed E-state index contributed by atoms with van der Waals surface area (Å²) in [4.78, 5) is 0. The molecular formula is C6H7B2F5S2. The molecule has 0 spiro atoms. The van der Waals surface area contributed by atoms with Gasteiger partial charge in [-0.1, -0.05) is 30.4 Å². The van der Waals surface area contributed by atoms with Crippen LogP contribution in [0.1, 0.15) is 5.56 Å². The van der Waals surface area contributed by atoms with Gasteiger partial charge < -0.3 is 0 Å². The first-order chi connectivity index (χ1) is 6.38. The summed E-state index contributed by atoms with van der Waals surface area (Å²) in [5.74, 6) is 0. The van der Waals surface area contributed by atoms with Gasteiger partial charge in [0.05, 0.1) is 5.41 Å². The van der Waals surface area contributed by atoms with Crippen molar-refractivity contribution in [2.45, 2.75) is 0 Å². The highest BCUT2D eigenvalue weighted by Gasteiger charge is 2.61. The average molecular weight is 260 g/mol. The highest BCUT2D eigenvalue weighted by molar-refractivity contribution is 8.48. The molecule has 84 valence electrons. The average Bonchev–Trinajstić information content (AvgIpc) is 2.27. The van der Waals surface area contributed by atoms with E-state index >= 15 is 0 Å². The van der Waals surface area contributed by atoms with Crippen LogP contribution in [-0.4, -0.2) is 15.7 Å². The lowest BCUT2D eigenvalue weighted by Crippen LogP contribution is -2.07. The summed E-state index contributed by atoms with van der Waals surface area (Å²) in [5, 5.41) is 2.19. The smallest absolute Gasteiger partial charge is 0.152 e. The Morgan fingerprint density at radius 3 is 2.07 bits per heavy atom. The van der Waals surface area contributed by atoms with Crippen molar-refractivity contribution in [3.8, 4) is 0 Å². The van der Waals surface area contributed by atoms with Gasteiger partial charge in [-0.2, -0.15) is 11.3 Å². The standard InChI is InChI=1S/C6H7B2F5S2/c7-5-2-14-1-4(5)6(8)3-15(9,10,11,12)13/h1-3H,7-8H2/b6-3+. The van der Waals surface area contributed by atoms with Crippen LogP contribution in [0.4, 0.5) is 19.4 Å². The van der Waals surface area contributed by atoms with Crippen LogP contribution in [0.3, 0.4) is 0 Å². The molecule has 0 unspecified atom stereocenters. The molecule has 1 aromatic heterocycles. The highest BCUT2D eigenvalue weighted by Crippen LogP contribution is 2.99. The van der Waals surface area contributed by atoms with Crippen LogP contribution in [0.25, 0.3) is 5.47 Å². The molecule has 0 bridgehead atoms. The van der Waals surface area contributed by atoms with Crippen molar-refractivity contribution >= 4 is 48.2 Å².